The van der Waals surface area contributed by atoms with Gasteiger partial charge in [-0.3, -0.25) is 72.1 Å². The van der Waals surface area contributed by atoms with Crippen molar-refractivity contribution in [2.24, 2.45) is 51.4 Å². The molecule has 1 aliphatic rings. The van der Waals surface area contributed by atoms with Crippen molar-refractivity contribution in [3.8, 4) is 0 Å². The minimum atomic E-state index is -1.86. The fourth-order valence-electron chi connectivity index (χ4n) is 12.2. The van der Waals surface area contributed by atoms with E-state index in [0.717, 1.165) is 11.8 Å². The lowest BCUT2D eigenvalue weighted by Crippen LogP contribution is -2.62. The summed E-state index contributed by atoms with van der Waals surface area (Å²) in [5, 5.41) is 43.7. The van der Waals surface area contributed by atoms with Crippen LogP contribution in [0.4, 0.5) is 0 Å². The average molecular weight is 1550 g/mol. The molecule has 1 saturated heterocycles. The van der Waals surface area contributed by atoms with E-state index >= 15 is 4.79 Å². The van der Waals surface area contributed by atoms with Gasteiger partial charge in [0, 0.05) is 65.8 Å². The molecule has 1 aliphatic heterocycles. The number of nitrogens with zero attached hydrogens (tertiary/aromatic N) is 1. The highest BCUT2D eigenvalue weighted by molar-refractivity contribution is 8.00. The van der Waals surface area contributed by atoms with Crippen LogP contribution < -0.4 is 92.5 Å². The van der Waals surface area contributed by atoms with E-state index in [1.54, 1.807) is 133 Å². The van der Waals surface area contributed by atoms with E-state index in [-0.39, 0.29) is 76.2 Å². The molecular weight excluding hydrogens is 1440 g/mol. The number of fused-ring (bicyclic) bond motifs is 2. The highest BCUT2D eigenvalue weighted by atomic mass is 32.2. The van der Waals surface area contributed by atoms with Gasteiger partial charge in [-0.15, -0.1) is 11.8 Å². The van der Waals surface area contributed by atoms with Gasteiger partial charge in [-0.25, -0.2) is 0 Å². The van der Waals surface area contributed by atoms with Gasteiger partial charge in [-0.1, -0.05) is 115 Å². The van der Waals surface area contributed by atoms with Crippen LogP contribution in [0.15, 0.2) is 96.2 Å². The number of nitrogens with two attached hydrogens (primary N) is 5. The van der Waals surface area contributed by atoms with Crippen molar-refractivity contribution in [1.29, 1.82) is 0 Å². The molecule has 25 N–H and O–H groups in total. The molecular formula is C74H106N20O15S. The van der Waals surface area contributed by atoms with Crippen LogP contribution in [0.25, 0.3) is 21.8 Å². The zero-order chi connectivity index (χ0) is 80.9. The number of unbranched alkanes of at least 4 members (excludes halogenated alkanes) is 1. The molecule has 0 aliphatic carbocycles. The summed E-state index contributed by atoms with van der Waals surface area (Å²) in [6, 6.07) is 5.91. The number of H-pyrrole nitrogens is 2. The summed E-state index contributed by atoms with van der Waals surface area (Å²) in [6.07, 6.45) is 0.825. The number of aliphatic imine (C=N–C) groups is 1. The molecule has 5 aromatic rings. The molecule has 14 amide bonds. The lowest BCUT2D eigenvalue weighted by Gasteiger charge is -2.29. The standard InChI is InChI=1S/C74H106N20O15S/c1-8-40(6)61-73(109)94-62(41(7)95)70(106)83-35-57(97)84-49(26-18-28-80-74(78)79)64(100)89-54(32-56(76)96)66(102)88-53(31-44-34-82-48-24-15-13-22-46(44)48)69(105)91-59(38(2)3)71(107)86-50(25-16-17-27-75)65(101)87-52(30-43-33-81-47-23-14-12-21-45(43)47)68(104)92-60(39(4)5)72(108)90-55(63(77)99)36-110-37-58(98)85-51(67(103)93-61)29-42-19-10-9-11-20-42/h9-15,19-24,33-34,38-41,49-55,59-62,81-82,95H,8,16-18,25-32,35-37,75H2,1-7H3,(H2,76,96)(H2,77,99)(H,83,106)(H,84,97)(H,85,98)(H,86,107)(H,87,101)(H,88,102)(H,89,100)(H,90,108)(H,91,105)(H,92,104)(H,93,103)(H,94,109)(H4,78,79,80)/t40-,41+,49-,50-,51-,52-,53-,54-,55-,59-,60-,61-,62-/m0/s1. The number of benzene rings is 3. The van der Waals surface area contributed by atoms with E-state index in [1.807, 2.05) is 0 Å². The second kappa shape index (κ2) is 43.2. The Morgan fingerprint density at radius 3 is 1.45 bits per heavy atom. The molecule has 110 heavy (non-hydrogen) atoms. The number of aliphatic hydroxyl groups excluding tert-OH is 1. The van der Waals surface area contributed by atoms with Crippen molar-refractivity contribution in [3.05, 3.63) is 108 Å². The highest BCUT2D eigenvalue weighted by Gasteiger charge is 2.39. The van der Waals surface area contributed by atoms with E-state index < -0.39 is 192 Å². The quantitative estimate of drug-likeness (QED) is 0.0188. The molecule has 1 fully saturated rings. The van der Waals surface area contributed by atoms with Crippen molar-refractivity contribution in [2.75, 3.05) is 31.1 Å². The van der Waals surface area contributed by atoms with Gasteiger partial charge in [0.25, 0.3) is 0 Å². The Balaban J connectivity index is 1.41. The number of hydrogen-bond donors (Lipinski definition) is 20. The Labute approximate surface area is 641 Å². The Morgan fingerprint density at radius 1 is 0.491 bits per heavy atom. The second-order valence-electron chi connectivity index (χ2n) is 28.0. The van der Waals surface area contributed by atoms with Gasteiger partial charge in [-0.05, 0) is 92.1 Å². The molecule has 3 heterocycles. The summed E-state index contributed by atoms with van der Waals surface area (Å²) in [7, 11) is 0. The summed E-state index contributed by atoms with van der Waals surface area (Å²) < 4.78 is 0. The number of nitrogens with one attached hydrogen (secondary N) is 14. The van der Waals surface area contributed by atoms with Gasteiger partial charge >= 0.3 is 0 Å². The normalized spacial score (nSPS) is 23.6. The molecule has 598 valence electrons. The summed E-state index contributed by atoms with van der Waals surface area (Å²) >= 11 is 0.865. The summed E-state index contributed by atoms with van der Waals surface area (Å²) in [5.74, 6) is -16.5. The molecule has 0 saturated carbocycles. The van der Waals surface area contributed by atoms with Gasteiger partial charge in [0.2, 0.25) is 82.7 Å². The molecule has 3 aromatic carbocycles. The number of aromatic nitrogens is 2. The number of carbonyl (C=O) groups excluding carboxylic acids is 14. The lowest BCUT2D eigenvalue weighted by molar-refractivity contribution is -0.137. The predicted octanol–water partition coefficient (Wildman–Crippen LogP) is -2.84. The fraction of sp³-hybridized carbons (Fsp3) is 0.500. The first kappa shape index (κ1) is 87.8. The second-order valence-corrected chi connectivity index (χ2v) is 29.0. The molecule has 2 aromatic heterocycles. The first-order valence-electron chi connectivity index (χ1n) is 36.6. The Hall–Kier alpha value is -11.1. The molecule has 0 unspecified atom stereocenters. The number of hydrogen-bond acceptors (Lipinski definition) is 18. The summed E-state index contributed by atoms with van der Waals surface area (Å²) in [5.41, 5.74) is 31.6. The zero-order valence-electron chi connectivity index (χ0n) is 62.8. The smallest absolute Gasteiger partial charge is 0.245 e. The molecule has 35 nitrogen and oxygen atoms in total. The van der Waals surface area contributed by atoms with Crippen LogP contribution in [0.2, 0.25) is 0 Å². The third kappa shape index (κ3) is 26.9. The molecule has 36 heteroatoms. The number of thioether (sulfide) groups is 1. The first-order valence-corrected chi connectivity index (χ1v) is 37.8. The first-order chi connectivity index (χ1) is 52.3. The number of amides is 14. The number of aromatic amines is 2. The maximum absolute atomic E-state index is 15.1. The van der Waals surface area contributed by atoms with Crippen molar-refractivity contribution in [1.82, 2.24) is 73.8 Å². The van der Waals surface area contributed by atoms with Crippen LogP contribution in [0.5, 0.6) is 0 Å². The van der Waals surface area contributed by atoms with Crippen LogP contribution in [0, 0.1) is 17.8 Å². The number of primary amides is 2. The Kier molecular flexibility index (Phi) is 34.4. The third-order valence-corrected chi connectivity index (χ3v) is 19.6. The lowest BCUT2D eigenvalue weighted by atomic mass is 9.96. The van der Waals surface area contributed by atoms with Crippen LogP contribution in [-0.4, -0.2) is 207 Å². The van der Waals surface area contributed by atoms with E-state index in [4.69, 9.17) is 28.7 Å². The minimum Gasteiger partial charge on any atom is -0.391 e. The van der Waals surface area contributed by atoms with Gasteiger partial charge in [0.05, 0.1) is 24.8 Å². The largest absolute Gasteiger partial charge is 0.391 e. The predicted molar refractivity (Wildman–Crippen MR) is 412 cm³/mol. The van der Waals surface area contributed by atoms with E-state index in [2.05, 4.69) is 78.8 Å². The van der Waals surface area contributed by atoms with Crippen LogP contribution >= 0.6 is 11.8 Å². The minimum absolute atomic E-state index is 0.0104. The van der Waals surface area contributed by atoms with Gasteiger partial charge in [0.1, 0.15) is 66.5 Å². The Bertz CT molecular complexity index is 4070. The number of rotatable bonds is 22. The average Bonchev–Trinajstić information content (AvgIpc) is 1.67. The number of guanidine groups is 1. The SMILES string of the molecule is CC[C@H](C)[C@@H]1NC(=O)[C@H](Cc2ccccc2)NC(=O)CSC[C@@H](C(N)=O)NC(=O)[C@H](C(C)C)NC(=O)[C@H](Cc2c[nH]c3ccccc23)NC(=O)[C@H](CCCCN)NC(=O)[C@H](C(C)C)NC(=O)[C@H](Cc2c[nH]c3ccccc23)NC(=O)[C@H](CC(N)=O)NC(=O)[C@H](CCCN=C(N)N)NC(=O)CNC(=O)[C@H]([C@@H](C)O)NC1=O. The van der Waals surface area contributed by atoms with Gasteiger partial charge < -0.3 is 108 Å². The van der Waals surface area contributed by atoms with Crippen LogP contribution in [-0.2, 0) is 86.4 Å². The van der Waals surface area contributed by atoms with Crippen LogP contribution in [0.3, 0.4) is 0 Å². The highest BCUT2D eigenvalue weighted by Crippen LogP contribution is 2.23. The molecule has 13 atom stereocenters. The molecule has 6 rings (SSSR count). The van der Waals surface area contributed by atoms with E-state index in [1.165, 1.54) is 6.92 Å². The molecule has 0 bridgehead atoms. The number of carbonyl (C=O) groups is 14. The molecule has 0 radical (unpaired) electrons. The monoisotopic (exact) mass is 1550 g/mol. The van der Waals surface area contributed by atoms with E-state index in [0.29, 0.717) is 44.9 Å². The number of aliphatic hydroxyl groups is 1. The van der Waals surface area contributed by atoms with Crippen LogP contribution in [0.1, 0.15) is 110 Å². The maximum Gasteiger partial charge on any atom is 0.245 e. The van der Waals surface area contributed by atoms with Gasteiger partial charge in [-0.2, -0.15) is 0 Å². The maximum atomic E-state index is 15.1. The zero-order valence-corrected chi connectivity index (χ0v) is 63.6. The van der Waals surface area contributed by atoms with Crippen molar-refractivity contribution < 1.29 is 72.2 Å². The Morgan fingerprint density at radius 2 is 0.936 bits per heavy atom. The summed E-state index contributed by atoms with van der Waals surface area (Å²) in [6.45, 7) is 10.2. The fourth-order valence-corrected chi connectivity index (χ4v) is 13.1. The number of para-hydroxylation sites is 2. The van der Waals surface area contributed by atoms with Crippen molar-refractivity contribution in [3.63, 3.8) is 0 Å². The topological polar surface area (TPSA) is 578 Å². The third-order valence-electron chi connectivity index (χ3n) is 18.6. The van der Waals surface area contributed by atoms with Crippen molar-refractivity contribution >= 4 is 122 Å². The van der Waals surface area contributed by atoms with E-state index in [9.17, 15) is 67.4 Å². The van der Waals surface area contributed by atoms with Crippen molar-refractivity contribution in [2.45, 2.75) is 185 Å². The van der Waals surface area contributed by atoms with Gasteiger partial charge in [0.15, 0.2) is 5.96 Å². The molecule has 0 spiro atoms. The summed E-state index contributed by atoms with van der Waals surface area (Å²) in [4.78, 5) is 210.